The Bertz CT molecular complexity index is 528. The van der Waals surface area contributed by atoms with Crippen LogP contribution in [0.15, 0.2) is 24.3 Å². The Morgan fingerprint density at radius 1 is 1.37 bits per heavy atom. The second-order valence-electron chi connectivity index (χ2n) is 5.29. The molecule has 0 radical (unpaired) electrons. The Morgan fingerprint density at radius 2 is 2.11 bits per heavy atom. The van der Waals surface area contributed by atoms with Gasteiger partial charge in [-0.25, -0.2) is 8.42 Å². The summed E-state index contributed by atoms with van der Waals surface area (Å²) in [6, 6.07) is 8.71. The number of nitrogens with zero attached hydrogens (tertiary/aromatic N) is 1. The average molecular weight is 282 g/mol. The lowest BCUT2D eigenvalue weighted by molar-refractivity contribution is 0.248. The largest absolute Gasteiger partial charge is 0.313 e. The molecule has 0 aliphatic carbocycles. The van der Waals surface area contributed by atoms with Crippen LogP contribution in [-0.4, -0.2) is 45.5 Å². The van der Waals surface area contributed by atoms with Crippen LogP contribution in [0.3, 0.4) is 0 Å². The van der Waals surface area contributed by atoms with E-state index in [4.69, 9.17) is 0 Å². The highest BCUT2D eigenvalue weighted by molar-refractivity contribution is 7.90. The van der Waals surface area contributed by atoms with Crippen molar-refractivity contribution < 1.29 is 8.42 Å². The molecule has 0 saturated carbocycles. The number of benzene rings is 1. The van der Waals surface area contributed by atoms with Gasteiger partial charge in [-0.05, 0) is 31.1 Å². The highest BCUT2D eigenvalue weighted by Gasteiger charge is 2.22. The van der Waals surface area contributed by atoms with Crippen LogP contribution in [0.4, 0.5) is 0 Å². The minimum atomic E-state index is -2.90. The van der Waals surface area contributed by atoms with Gasteiger partial charge in [-0.1, -0.05) is 24.3 Å². The van der Waals surface area contributed by atoms with Gasteiger partial charge in [0.05, 0.1) is 5.75 Å². The van der Waals surface area contributed by atoms with Crippen molar-refractivity contribution in [1.82, 2.24) is 10.2 Å². The normalized spacial score (nSPS) is 20.1. The first-order chi connectivity index (χ1) is 8.97. The van der Waals surface area contributed by atoms with Gasteiger partial charge in [-0.15, -0.1) is 0 Å². The van der Waals surface area contributed by atoms with Gasteiger partial charge >= 0.3 is 0 Å². The molecule has 1 heterocycles. The maximum Gasteiger partial charge on any atom is 0.148 e. The van der Waals surface area contributed by atoms with E-state index in [1.807, 2.05) is 7.05 Å². The predicted molar refractivity (Wildman–Crippen MR) is 77.8 cm³/mol. The molecule has 1 N–H and O–H groups in total. The number of nitrogens with one attached hydrogen (secondary N) is 1. The van der Waals surface area contributed by atoms with Crippen LogP contribution in [0, 0.1) is 0 Å². The molecule has 0 amide bonds. The van der Waals surface area contributed by atoms with Crippen LogP contribution < -0.4 is 5.32 Å². The maximum atomic E-state index is 11.3. The molecule has 1 aromatic carbocycles. The second-order valence-corrected chi connectivity index (χ2v) is 7.55. The molecule has 0 spiro atoms. The van der Waals surface area contributed by atoms with Gasteiger partial charge in [-0.3, -0.25) is 4.90 Å². The maximum absolute atomic E-state index is 11.3. The van der Waals surface area contributed by atoms with Crippen molar-refractivity contribution >= 4 is 9.84 Å². The van der Waals surface area contributed by atoms with Gasteiger partial charge in [0.15, 0.2) is 0 Å². The summed E-state index contributed by atoms with van der Waals surface area (Å²) in [7, 11) is -0.890. The summed E-state index contributed by atoms with van der Waals surface area (Å²) < 4.78 is 22.6. The minimum Gasteiger partial charge on any atom is -0.313 e. The Morgan fingerprint density at radius 3 is 2.84 bits per heavy atom. The van der Waals surface area contributed by atoms with Gasteiger partial charge < -0.3 is 5.32 Å². The lowest BCUT2D eigenvalue weighted by Crippen LogP contribution is -2.30. The third-order valence-electron chi connectivity index (χ3n) is 3.67. The van der Waals surface area contributed by atoms with E-state index in [1.54, 1.807) is 0 Å². The monoisotopic (exact) mass is 282 g/mol. The summed E-state index contributed by atoms with van der Waals surface area (Å²) in [6.07, 6.45) is 2.31. The van der Waals surface area contributed by atoms with Crippen molar-refractivity contribution in [2.75, 3.05) is 32.1 Å². The van der Waals surface area contributed by atoms with Crippen LogP contribution in [-0.2, 0) is 16.4 Å². The number of hydrogen-bond acceptors (Lipinski definition) is 4. The summed E-state index contributed by atoms with van der Waals surface area (Å²) >= 11 is 0. The minimum absolute atomic E-state index is 0.218. The predicted octanol–water partition coefficient (Wildman–Crippen LogP) is 1.20. The third kappa shape index (κ3) is 4.03. The van der Waals surface area contributed by atoms with Crippen LogP contribution >= 0.6 is 0 Å². The zero-order valence-electron chi connectivity index (χ0n) is 11.6. The standard InChI is InChI=1S/C14H22N2O2S/c1-16(9-10-19(2,17)18)14-7-8-15-11-12-5-3-4-6-13(12)14/h3-6,14-15H,7-11H2,1-2H3. The van der Waals surface area contributed by atoms with Crippen molar-refractivity contribution in [3.63, 3.8) is 0 Å². The van der Waals surface area contributed by atoms with Gasteiger partial charge in [0.25, 0.3) is 0 Å². The molecular weight excluding hydrogens is 260 g/mol. The summed E-state index contributed by atoms with van der Waals surface area (Å²) in [5, 5.41) is 3.42. The average Bonchev–Trinajstić information content (AvgIpc) is 2.57. The fraction of sp³-hybridized carbons (Fsp3) is 0.571. The first-order valence-corrected chi connectivity index (χ1v) is 8.70. The summed E-state index contributed by atoms with van der Waals surface area (Å²) in [5.74, 6) is 0.218. The van der Waals surface area contributed by atoms with Crippen LogP contribution in [0.5, 0.6) is 0 Å². The molecule has 5 heteroatoms. The van der Waals surface area contributed by atoms with E-state index in [0.29, 0.717) is 12.6 Å². The van der Waals surface area contributed by atoms with Gasteiger partial charge in [-0.2, -0.15) is 0 Å². The topological polar surface area (TPSA) is 49.4 Å². The van der Waals surface area contributed by atoms with Crippen molar-refractivity contribution in [3.8, 4) is 0 Å². The fourth-order valence-corrected chi connectivity index (χ4v) is 3.18. The Hall–Kier alpha value is -0.910. The van der Waals surface area contributed by atoms with Gasteiger partial charge in [0.1, 0.15) is 9.84 Å². The highest BCUT2D eigenvalue weighted by atomic mass is 32.2. The first kappa shape index (κ1) is 14.5. The lowest BCUT2D eigenvalue weighted by Gasteiger charge is -2.28. The van der Waals surface area contributed by atoms with Crippen molar-refractivity contribution in [1.29, 1.82) is 0 Å². The molecule has 0 saturated heterocycles. The second kappa shape index (κ2) is 6.03. The van der Waals surface area contributed by atoms with Crippen molar-refractivity contribution in [2.45, 2.75) is 19.0 Å². The Labute approximate surface area is 115 Å². The third-order valence-corrected chi connectivity index (χ3v) is 4.60. The van der Waals surface area contributed by atoms with E-state index in [2.05, 4.69) is 34.5 Å². The Kier molecular flexibility index (Phi) is 4.60. The molecule has 0 bridgehead atoms. The zero-order valence-corrected chi connectivity index (χ0v) is 12.4. The van der Waals surface area contributed by atoms with Crippen molar-refractivity contribution in [2.24, 2.45) is 0 Å². The fourth-order valence-electron chi connectivity index (χ4n) is 2.56. The quantitative estimate of drug-likeness (QED) is 0.901. The summed E-state index contributed by atoms with van der Waals surface area (Å²) in [4.78, 5) is 2.16. The smallest absolute Gasteiger partial charge is 0.148 e. The highest BCUT2D eigenvalue weighted by Crippen LogP contribution is 2.27. The molecule has 2 rings (SSSR count). The zero-order chi connectivity index (χ0) is 13.9. The van der Waals surface area contributed by atoms with Crippen LogP contribution in [0.25, 0.3) is 0 Å². The molecular formula is C14H22N2O2S. The lowest BCUT2D eigenvalue weighted by atomic mass is 9.98. The number of fused-ring (bicyclic) bond motifs is 1. The van der Waals surface area contributed by atoms with E-state index >= 15 is 0 Å². The van der Waals surface area contributed by atoms with Crippen molar-refractivity contribution in [3.05, 3.63) is 35.4 Å². The molecule has 0 fully saturated rings. The SMILES string of the molecule is CN(CCS(C)(=O)=O)C1CCNCc2ccccc21. The van der Waals surface area contributed by atoms with Crippen LogP contribution in [0.2, 0.25) is 0 Å². The van der Waals surface area contributed by atoms with E-state index < -0.39 is 9.84 Å². The summed E-state index contributed by atoms with van der Waals surface area (Å²) in [6.45, 7) is 2.44. The molecule has 0 aromatic heterocycles. The van der Waals surface area contributed by atoms with Crippen LogP contribution in [0.1, 0.15) is 23.6 Å². The van der Waals surface area contributed by atoms with E-state index in [1.165, 1.54) is 17.4 Å². The molecule has 1 atom stereocenters. The molecule has 19 heavy (non-hydrogen) atoms. The molecule has 4 nitrogen and oxygen atoms in total. The number of rotatable bonds is 4. The molecule has 1 unspecified atom stereocenters. The number of hydrogen-bond donors (Lipinski definition) is 1. The number of sulfone groups is 1. The molecule has 1 aromatic rings. The Balaban J connectivity index is 2.15. The molecule has 106 valence electrons. The van der Waals surface area contributed by atoms with E-state index in [9.17, 15) is 8.42 Å². The first-order valence-electron chi connectivity index (χ1n) is 6.64. The van der Waals surface area contributed by atoms with E-state index in [-0.39, 0.29) is 5.75 Å². The summed E-state index contributed by atoms with van der Waals surface area (Å²) in [5.41, 5.74) is 2.64. The molecule has 1 aliphatic heterocycles. The van der Waals surface area contributed by atoms with E-state index in [0.717, 1.165) is 19.5 Å². The molecule has 1 aliphatic rings. The van der Waals surface area contributed by atoms with Gasteiger partial charge in [0, 0.05) is 25.4 Å². The van der Waals surface area contributed by atoms with Gasteiger partial charge in [0.2, 0.25) is 0 Å².